The summed E-state index contributed by atoms with van der Waals surface area (Å²) in [6, 6.07) is 7.00. The summed E-state index contributed by atoms with van der Waals surface area (Å²) in [6.07, 6.45) is 5.59. The average molecular weight is 365 g/mol. The van der Waals surface area contributed by atoms with Crippen molar-refractivity contribution in [3.05, 3.63) is 49.9 Å². The van der Waals surface area contributed by atoms with E-state index >= 15 is 0 Å². The van der Waals surface area contributed by atoms with E-state index in [2.05, 4.69) is 53.3 Å². The topological polar surface area (TPSA) is 24.9 Å². The SMILES string of the molecule is CCNC(c1cc(C)c(Br)s1)C1CCCc2cccnc21. The zero-order valence-corrected chi connectivity index (χ0v) is 14.9. The highest BCUT2D eigenvalue weighted by Gasteiger charge is 2.30. The summed E-state index contributed by atoms with van der Waals surface area (Å²) in [7, 11) is 0. The minimum Gasteiger partial charge on any atom is -0.309 e. The predicted molar refractivity (Wildman–Crippen MR) is 93.1 cm³/mol. The first-order chi connectivity index (χ1) is 10.2. The van der Waals surface area contributed by atoms with E-state index in [1.54, 1.807) is 0 Å². The summed E-state index contributed by atoms with van der Waals surface area (Å²) < 4.78 is 1.25. The Morgan fingerprint density at radius 1 is 1.52 bits per heavy atom. The summed E-state index contributed by atoms with van der Waals surface area (Å²) in [5, 5.41) is 3.70. The second kappa shape index (κ2) is 6.59. The largest absolute Gasteiger partial charge is 0.309 e. The first kappa shape index (κ1) is 15.2. The van der Waals surface area contributed by atoms with E-state index in [0.717, 1.165) is 6.54 Å². The molecule has 1 N–H and O–H groups in total. The molecule has 112 valence electrons. The van der Waals surface area contributed by atoms with Gasteiger partial charge >= 0.3 is 0 Å². The van der Waals surface area contributed by atoms with Crippen LogP contribution in [0.4, 0.5) is 0 Å². The molecule has 2 aromatic rings. The van der Waals surface area contributed by atoms with Gasteiger partial charge in [-0.1, -0.05) is 13.0 Å². The maximum absolute atomic E-state index is 4.71. The van der Waals surface area contributed by atoms with Gasteiger partial charge in [-0.25, -0.2) is 0 Å². The molecule has 2 nitrogen and oxygen atoms in total. The Hall–Kier alpha value is -0.710. The van der Waals surface area contributed by atoms with Crippen LogP contribution >= 0.6 is 27.3 Å². The van der Waals surface area contributed by atoms with Crippen molar-refractivity contribution in [2.75, 3.05) is 6.54 Å². The van der Waals surface area contributed by atoms with Crippen molar-refractivity contribution >= 4 is 27.3 Å². The number of nitrogens with zero attached hydrogens (tertiary/aromatic N) is 1. The Labute approximate surface area is 139 Å². The van der Waals surface area contributed by atoms with E-state index < -0.39 is 0 Å². The Kier molecular flexibility index (Phi) is 4.77. The van der Waals surface area contributed by atoms with E-state index in [4.69, 9.17) is 4.98 Å². The number of halogens is 1. The lowest BCUT2D eigenvalue weighted by molar-refractivity contribution is 0.405. The number of aromatic nitrogens is 1. The number of pyridine rings is 1. The fourth-order valence-corrected chi connectivity index (χ4v) is 4.98. The van der Waals surface area contributed by atoms with Gasteiger partial charge in [-0.3, -0.25) is 4.98 Å². The van der Waals surface area contributed by atoms with E-state index in [9.17, 15) is 0 Å². The lowest BCUT2D eigenvalue weighted by Crippen LogP contribution is -2.29. The maximum Gasteiger partial charge on any atom is 0.0731 e. The van der Waals surface area contributed by atoms with Gasteiger partial charge in [-0.15, -0.1) is 11.3 Å². The summed E-state index contributed by atoms with van der Waals surface area (Å²) >= 11 is 5.52. The molecule has 0 fully saturated rings. The van der Waals surface area contributed by atoms with Crippen LogP contribution in [0.25, 0.3) is 0 Å². The van der Waals surface area contributed by atoms with Gasteiger partial charge in [0.2, 0.25) is 0 Å². The van der Waals surface area contributed by atoms with Gasteiger partial charge in [0.15, 0.2) is 0 Å². The molecule has 2 aromatic heterocycles. The number of likely N-dealkylation sites (N-methyl/N-ethyl adjacent to an activating group) is 1. The number of hydrogen-bond donors (Lipinski definition) is 1. The number of hydrogen-bond acceptors (Lipinski definition) is 3. The molecule has 3 rings (SSSR count). The lowest BCUT2D eigenvalue weighted by atomic mass is 9.81. The molecule has 0 aromatic carbocycles. The summed E-state index contributed by atoms with van der Waals surface area (Å²) in [5.74, 6) is 0.486. The smallest absolute Gasteiger partial charge is 0.0731 e. The van der Waals surface area contributed by atoms with Crippen LogP contribution in [0.3, 0.4) is 0 Å². The summed E-state index contributed by atoms with van der Waals surface area (Å²) in [4.78, 5) is 6.13. The number of rotatable bonds is 4. The zero-order chi connectivity index (χ0) is 14.8. The van der Waals surface area contributed by atoms with Crippen molar-refractivity contribution in [1.82, 2.24) is 10.3 Å². The van der Waals surface area contributed by atoms with E-state index in [-0.39, 0.29) is 0 Å². The molecule has 0 spiro atoms. The molecule has 21 heavy (non-hydrogen) atoms. The van der Waals surface area contributed by atoms with Crippen molar-refractivity contribution < 1.29 is 0 Å². The molecule has 0 radical (unpaired) electrons. The minimum absolute atomic E-state index is 0.374. The fraction of sp³-hybridized carbons (Fsp3) is 0.471. The highest BCUT2D eigenvalue weighted by molar-refractivity contribution is 9.11. The quantitative estimate of drug-likeness (QED) is 0.826. The molecule has 2 unspecified atom stereocenters. The van der Waals surface area contributed by atoms with Crippen molar-refractivity contribution in [1.29, 1.82) is 0 Å². The first-order valence-corrected chi connectivity index (χ1v) is 9.24. The van der Waals surface area contributed by atoms with E-state index in [1.807, 2.05) is 17.5 Å². The van der Waals surface area contributed by atoms with Crippen LogP contribution in [0, 0.1) is 6.92 Å². The second-order valence-corrected chi connectivity index (χ2v) is 8.09. The van der Waals surface area contributed by atoms with Crippen molar-refractivity contribution in [2.45, 2.75) is 45.1 Å². The molecule has 2 atom stereocenters. The van der Waals surface area contributed by atoms with Gasteiger partial charge < -0.3 is 5.32 Å². The Balaban J connectivity index is 1.98. The maximum atomic E-state index is 4.71. The highest BCUT2D eigenvalue weighted by Crippen LogP contribution is 2.42. The van der Waals surface area contributed by atoms with Crippen LogP contribution in [-0.4, -0.2) is 11.5 Å². The number of nitrogens with one attached hydrogen (secondary N) is 1. The van der Waals surface area contributed by atoms with Crippen LogP contribution < -0.4 is 5.32 Å². The third-order valence-corrected chi connectivity index (χ3v) is 6.47. The molecule has 0 amide bonds. The number of fused-ring (bicyclic) bond motifs is 1. The molecule has 0 saturated carbocycles. The first-order valence-electron chi connectivity index (χ1n) is 7.63. The van der Waals surface area contributed by atoms with Crippen molar-refractivity contribution in [3.8, 4) is 0 Å². The van der Waals surface area contributed by atoms with Gasteiger partial charge in [0.05, 0.1) is 3.79 Å². The molecule has 2 heterocycles. The molecule has 0 bridgehead atoms. The lowest BCUT2D eigenvalue weighted by Gasteiger charge is -2.31. The predicted octanol–water partition coefficient (Wildman–Crippen LogP) is 4.98. The number of thiophene rings is 1. The minimum atomic E-state index is 0.374. The van der Waals surface area contributed by atoms with Crippen molar-refractivity contribution in [3.63, 3.8) is 0 Å². The Bertz CT molecular complexity index is 604. The van der Waals surface area contributed by atoms with E-state index in [0.29, 0.717) is 12.0 Å². The van der Waals surface area contributed by atoms with Gasteiger partial charge in [-0.05, 0) is 71.9 Å². The highest BCUT2D eigenvalue weighted by atomic mass is 79.9. The molecule has 1 aliphatic carbocycles. The molecule has 0 aliphatic heterocycles. The average Bonchev–Trinajstić information content (AvgIpc) is 2.84. The monoisotopic (exact) mass is 364 g/mol. The van der Waals surface area contributed by atoms with Crippen LogP contribution in [0.5, 0.6) is 0 Å². The van der Waals surface area contributed by atoms with Crippen LogP contribution in [0.1, 0.15) is 53.4 Å². The van der Waals surface area contributed by atoms with Gasteiger partial charge in [0, 0.05) is 28.7 Å². The van der Waals surface area contributed by atoms with Gasteiger partial charge in [0.25, 0.3) is 0 Å². The van der Waals surface area contributed by atoms with Crippen LogP contribution in [-0.2, 0) is 6.42 Å². The Morgan fingerprint density at radius 2 is 2.38 bits per heavy atom. The molecular weight excluding hydrogens is 344 g/mol. The second-order valence-electron chi connectivity index (χ2n) is 5.69. The van der Waals surface area contributed by atoms with Crippen LogP contribution in [0.15, 0.2) is 28.2 Å². The van der Waals surface area contributed by atoms with Gasteiger partial charge in [-0.2, -0.15) is 0 Å². The Morgan fingerprint density at radius 3 is 3.10 bits per heavy atom. The van der Waals surface area contributed by atoms with Gasteiger partial charge in [0.1, 0.15) is 0 Å². The third-order valence-electron chi connectivity index (χ3n) is 4.25. The van der Waals surface area contributed by atoms with E-state index in [1.165, 1.54) is 44.7 Å². The zero-order valence-electron chi connectivity index (χ0n) is 12.5. The molecular formula is C17H21BrN2S. The summed E-state index contributed by atoms with van der Waals surface area (Å²) in [6.45, 7) is 5.34. The summed E-state index contributed by atoms with van der Waals surface area (Å²) in [5.41, 5.74) is 4.07. The standard InChI is InChI=1S/C17H21BrN2S/c1-3-19-16(14-10-11(2)17(18)21-14)13-8-4-6-12-7-5-9-20-15(12)13/h5,7,9-10,13,16,19H,3-4,6,8H2,1-2H3. The van der Waals surface area contributed by atoms with Crippen molar-refractivity contribution in [2.24, 2.45) is 0 Å². The number of aryl methyl sites for hydroxylation is 2. The van der Waals surface area contributed by atoms with Crippen LogP contribution in [0.2, 0.25) is 0 Å². The molecule has 4 heteroatoms. The molecule has 0 saturated heterocycles. The fourth-order valence-electron chi connectivity index (χ4n) is 3.27. The third kappa shape index (κ3) is 3.08. The molecule has 1 aliphatic rings. The normalized spacial score (nSPS) is 19.3.